The number of amides is 1. The number of azo groups is 2. The van der Waals surface area contributed by atoms with Crippen LogP contribution in [0.25, 0.3) is 0 Å². The number of benzene rings is 3. The monoisotopic (exact) mass is 836 g/mol. The number of nitrogens with one attached hydrogen (secondary N) is 3. The Morgan fingerprint density at radius 2 is 1.56 bits per heavy atom. The number of rotatable bonds is 19. The molecular weight excluding hydrogens is 810 g/mol. The molecular formula is C29H27FN10Na2O10S3. The number of nitrogens with zero attached hydrogens (tertiary/aromatic N) is 7. The Morgan fingerprint density at radius 3 is 2.24 bits per heavy atom. The van der Waals surface area contributed by atoms with Crippen LogP contribution >= 0.6 is 12.0 Å². The predicted octanol–water partition coefficient (Wildman–Crippen LogP) is -1.33. The van der Waals surface area contributed by atoms with E-state index < -0.39 is 36.8 Å². The third kappa shape index (κ3) is 16.3. The zero-order chi connectivity index (χ0) is 38.4. The van der Waals surface area contributed by atoms with Crippen molar-refractivity contribution in [3.8, 4) is 0 Å². The van der Waals surface area contributed by atoms with Gasteiger partial charge in [0.25, 0.3) is 0 Å². The van der Waals surface area contributed by atoms with Crippen molar-refractivity contribution in [3.63, 3.8) is 0 Å². The second-order valence-electron chi connectivity index (χ2n) is 10.1. The molecule has 3 N–H and O–H groups in total. The molecule has 1 amide bonds. The average molecular weight is 837 g/mol. The van der Waals surface area contributed by atoms with Gasteiger partial charge in [0, 0.05) is 29.5 Å². The van der Waals surface area contributed by atoms with Crippen LogP contribution in [0, 0.1) is 6.08 Å². The molecule has 0 unspecified atom stereocenters. The number of anilines is 4. The summed E-state index contributed by atoms with van der Waals surface area (Å²) in [5.74, 6) is -1.12. The second-order valence-corrected chi connectivity index (χ2v) is 14.3. The smallest absolute Gasteiger partial charge is 0.744 e. The maximum absolute atomic E-state index is 14.2. The Hall–Kier alpha value is -3.34. The van der Waals surface area contributed by atoms with Crippen LogP contribution in [0.5, 0.6) is 0 Å². The Morgan fingerprint density at radius 1 is 0.909 bits per heavy atom. The van der Waals surface area contributed by atoms with Gasteiger partial charge in [-0.1, -0.05) is 6.58 Å². The third-order valence-electron chi connectivity index (χ3n) is 6.22. The molecule has 4 rings (SSSR count). The Bertz CT molecular complexity index is 2220. The number of aromatic nitrogens is 3. The summed E-state index contributed by atoms with van der Waals surface area (Å²) in [6, 6.07) is 13.9. The minimum Gasteiger partial charge on any atom is -0.744 e. The van der Waals surface area contributed by atoms with Crippen LogP contribution in [-0.2, 0) is 38.9 Å². The van der Waals surface area contributed by atoms with Gasteiger partial charge in [-0.05, 0) is 60.7 Å². The first kappa shape index (κ1) is 47.8. The Balaban J connectivity index is 0.00000523. The molecule has 20 nitrogen and oxygen atoms in total. The van der Waals surface area contributed by atoms with Crippen LogP contribution in [0.2, 0.25) is 0 Å². The minimum atomic E-state index is -5.08. The van der Waals surface area contributed by atoms with E-state index in [2.05, 4.69) is 67.3 Å². The first-order chi connectivity index (χ1) is 25.2. The Kier molecular flexibility index (Phi) is 20.0. The molecule has 1 aromatic heterocycles. The fourth-order valence-electron chi connectivity index (χ4n) is 3.89. The molecule has 0 atom stereocenters. The van der Waals surface area contributed by atoms with Crippen molar-refractivity contribution in [1.29, 1.82) is 0 Å². The van der Waals surface area contributed by atoms with Crippen LogP contribution in [0.4, 0.5) is 50.4 Å². The van der Waals surface area contributed by atoms with E-state index in [0.717, 1.165) is 11.5 Å². The van der Waals surface area contributed by atoms with Gasteiger partial charge in [-0.3, -0.25) is 9.83 Å². The summed E-state index contributed by atoms with van der Waals surface area (Å²) < 4.78 is 82.9. The Labute approximate surface area is 362 Å². The van der Waals surface area contributed by atoms with Gasteiger partial charge in [0.05, 0.1) is 53.0 Å². The fourth-order valence-corrected chi connectivity index (χ4v) is 5.39. The van der Waals surface area contributed by atoms with Crippen molar-refractivity contribution < 1.29 is 109 Å². The normalized spacial score (nSPS) is 11.5. The molecule has 0 spiro atoms. The minimum absolute atomic E-state index is 0. The number of halogens is 1. The summed E-state index contributed by atoms with van der Waals surface area (Å²) in [5, 5.41) is 38.0. The van der Waals surface area contributed by atoms with E-state index in [1.165, 1.54) is 49.4 Å². The summed E-state index contributed by atoms with van der Waals surface area (Å²) in [4.78, 5) is 23.0. The maximum atomic E-state index is 14.2. The molecule has 4 aromatic rings. The zero-order valence-electron chi connectivity index (χ0n) is 29.2. The van der Waals surface area contributed by atoms with Crippen LogP contribution in [0.15, 0.2) is 103 Å². The first-order valence-electron chi connectivity index (χ1n) is 14.7. The first-order valence-corrected chi connectivity index (χ1v) is 18.5. The topological polar surface area (TPSA) is 283 Å². The largest absolute Gasteiger partial charge is 1.00 e. The van der Waals surface area contributed by atoms with Crippen molar-refractivity contribution in [1.82, 2.24) is 15.0 Å². The van der Waals surface area contributed by atoms with Gasteiger partial charge >= 0.3 is 65.2 Å². The van der Waals surface area contributed by atoms with Crippen LogP contribution < -0.4 is 80.3 Å². The van der Waals surface area contributed by atoms with E-state index in [0.29, 0.717) is 22.6 Å². The number of carbonyl (C=O) groups is 1. The molecule has 0 aliphatic carbocycles. The molecule has 0 aliphatic heterocycles. The molecule has 26 heteroatoms. The summed E-state index contributed by atoms with van der Waals surface area (Å²) >= 11 is 0.673. The number of hydrogen-bond acceptors (Lipinski definition) is 20. The number of sulfone groups is 1. The van der Waals surface area contributed by atoms with Crippen LogP contribution in [-0.4, -0.2) is 67.8 Å². The second kappa shape index (κ2) is 23.0. The van der Waals surface area contributed by atoms with Gasteiger partial charge in [-0.15, -0.1) is 10.2 Å². The average Bonchev–Trinajstić information content (AvgIpc) is 3.10. The summed E-state index contributed by atoms with van der Waals surface area (Å²) in [6.07, 6.45) is -1.13. The summed E-state index contributed by atoms with van der Waals surface area (Å²) in [5.41, 5.74) is 0.419. The quantitative estimate of drug-likeness (QED) is 0.0188. The number of carbonyl (C=O) groups excluding carboxylic acids is 1. The van der Waals surface area contributed by atoms with Gasteiger partial charge in [0.15, 0.2) is 9.84 Å². The van der Waals surface area contributed by atoms with E-state index in [4.69, 9.17) is 4.74 Å². The van der Waals surface area contributed by atoms with E-state index in [-0.39, 0.29) is 125 Å². The van der Waals surface area contributed by atoms with Gasteiger partial charge in [-0.25, -0.2) is 16.8 Å². The standard InChI is InChI=1S/C29H29FN10O10S3.2Na/c1-3-52(43,44)15-14-48-13-12-31-28-34-27(30)35-29(36-28)33-20-6-10-23(25(16-20)32-18(2)41)39-40-24-11-7-21(17-26(24)53(45,46)47)38-37-19-4-8-22(9-5-19)51-50-49-42;;/h3-11,16-17,42H,1,12-15H2,2H3,(H,32,41)(H,45,46,47)(H2,31,33,34,35,36);;/q;2*+1/p-2. The van der Waals surface area contributed by atoms with Crippen molar-refractivity contribution in [2.45, 2.75) is 16.7 Å². The predicted molar refractivity (Wildman–Crippen MR) is 184 cm³/mol. The SMILES string of the molecule is C=CS(=O)(=O)CCOCCNc1nc(F)nc(Nc2ccc(N=Nc3ccc(N=Nc4ccc(SOO[O-])cc4)cc3S(=O)(=O)[O-])c(NC(C)=O)c2)n1.[Na+].[Na+]. The molecule has 3 aromatic carbocycles. The summed E-state index contributed by atoms with van der Waals surface area (Å²) in [7, 11) is -8.48. The molecule has 0 aliphatic rings. The molecule has 0 saturated heterocycles. The zero-order valence-corrected chi connectivity index (χ0v) is 35.7. The van der Waals surface area contributed by atoms with Crippen LogP contribution in [0.3, 0.4) is 0 Å². The summed E-state index contributed by atoms with van der Waals surface area (Å²) in [6.45, 7) is 4.54. The van der Waals surface area contributed by atoms with Crippen LogP contribution in [0.1, 0.15) is 6.92 Å². The number of hydrogen-bond donors (Lipinski definition) is 3. The number of ether oxygens (including phenoxy) is 1. The van der Waals surface area contributed by atoms with Crippen molar-refractivity contribution >= 4 is 83.9 Å². The fraction of sp³-hybridized carbons (Fsp3) is 0.172. The van der Waals surface area contributed by atoms with Gasteiger partial charge < -0.3 is 30.5 Å². The maximum Gasteiger partial charge on any atom is 1.00 e. The van der Waals surface area contributed by atoms with Gasteiger partial charge in [0.1, 0.15) is 21.5 Å². The molecule has 280 valence electrons. The van der Waals surface area contributed by atoms with Gasteiger partial charge in [0.2, 0.25) is 17.8 Å². The van der Waals surface area contributed by atoms with E-state index in [1.807, 2.05) is 0 Å². The van der Waals surface area contributed by atoms with Crippen molar-refractivity contribution in [3.05, 3.63) is 78.7 Å². The third-order valence-corrected chi connectivity index (χ3v) is 8.92. The van der Waals surface area contributed by atoms with Crippen molar-refractivity contribution in [2.24, 2.45) is 20.5 Å². The van der Waals surface area contributed by atoms with E-state index in [1.54, 1.807) is 12.1 Å². The molecule has 0 radical (unpaired) electrons. The molecule has 0 fully saturated rings. The molecule has 0 saturated carbocycles. The molecule has 55 heavy (non-hydrogen) atoms. The van der Waals surface area contributed by atoms with Crippen molar-refractivity contribution in [2.75, 3.05) is 41.5 Å². The van der Waals surface area contributed by atoms with E-state index in [9.17, 15) is 35.8 Å². The van der Waals surface area contributed by atoms with E-state index >= 15 is 0 Å². The molecule has 0 bridgehead atoms. The van der Waals surface area contributed by atoms with Gasteiger partial charge in [-0.2, -0.15) is 33.9 Å². The molecule has 1 heterocycles.